The monoisotopic (exact) mass is 299 g/mol. The number of hydrogen-bond acceptors (Lipinski definition) is 4. The van der Waals surface area contributed by atoms with Crippen LogP contribution in [0.1, 0.15) is 19.4 Å². The minimum atomic E-state index is -3.58. The lowest BCUT2D eigenvalue weighted by atomic mass is 10.2. The lowest BCUT2D eigenvalue weighted by Gasteiger charge is -2.30. The summed E-state index contributed by atoms with van der Waals surface area (Å²) in [5, 5.41) is 0. The van der Waals surface area contributed by atoms with Crippen LogP contribution >= 0.6 is 0 Å². The number of hydrogen-bond donors (Lipinski definition) is 1. The summed E-state index contributed by atoms with van der Waals surface area (Å²) < 4.78 is 27.2. The summed E-state index contributed by atoms with van der Waals surface area (Å²) in [6.07, 6.45) is 0. The van der Waals surface area contributed by atoms with Crippen LogP contribution in [0.25, 0.3) is 0 Å². The summed E-state index contributed by atoms with van der Waals surface area (Å²) in [6, 6.07) is 5.06. The molecule has 1 unspecified atom stereocenters. The second kappa shape index (κ2) is 6.56. The first-order valence-corrected chi connectivity index (χ1v) is 8.17. The Balaban J connectivity index is 3.26. The topological polar surface area (TPSA) is 66.6 Å². The van der Waals surface area contributed by atoms with Gasteiger partial charge in [-0.05, 0) is 39.6 Å². The summed E-state index contributed by atoms with van der Waals surface area (Å²) in [7, 11) is 0.284. The van der Waals surface area contributed by atoms with Crippen LogP contribution in [0.3, 0.4) is 0 Å². The molecule has 2 N–H and O–H groups in total. The standard InChI is InChI=1S/C14H25N3O2S/c1-6-17(12(3)10-16(4)5)20(18,19)14-11(2)8-7-9-13(14)15/h7-9,12H,6,10,15H2,1-5H3. The fraction of sp³-hybridized carbons (Fsp3) is 0.571. The molecule has 1 aromatic rings. The van der Waals surface area contributed by atoms with E-state index in [9.17, 15) is 8.42 Å². The Bertz CT molecular complexity index is 535. The maximum absolute atomic E-state index is 12.9. The van der Waals surface area contributed by atoms with Crippen molar-refractivity contribution in [1.82, 2.24) is 9.21 Å². The van der Waals surface area contributed by atoms with Crippen LogP contribution in [0.4, 0.5) is 5.69 Å². The average molecular weight is 299 g/mol. The molecule has 0 aromatic heterocycles. The Kier molecular flexibility index (Phi) is 5.56. The van der Waals surface area contributed by atoms with Crippen LogP contribution in [0.15, 0.2) is 23.1 Å². The van der Waals surface area contributed by atoms with E-state index in [4.69, 9.17) is 5.73 Å². The van der Waals surface area contributed by atoms with Crippen LogP contribution in [-0.2, 0) is 10.0 Å². The highest BCUT2D eigenvalue weighted by molar-refractivity contribution is 7.89. The molecule has 6 heteroatoms. The molecule has 0 saturated carbocycles. The van der Waals surface area contributed by atoms with E-state index in [0.717, 1.165) is 0 Å². The van der Waals surface area contributed by atoms with Crippen LogP contribution in [-0.4, -0.2) is 50.8 Å². The molecule has 0 amide bonds. The highest BCUT2D eigenvalue weighted by atomic mass is 32.2. The van der Waals surface area contributed by atoms with E-state index >= 15 is 0 Å². The van der Waals surface area contributed by atoms with Crippen LogP contribution in [0, 0.1) is 6.92 Å². The molecule has 0 saturated heterocycles. The van der Waals surface area contributed by atoms with Crippen LogP contribution < -0.4 is 5.73 Å². The van der Waals surface area contributed by atoms with Crippen molar-refractivity contribution in [2.75, 3.05) is 32.9 Å². The number of aryl methyl sites for hydroxylation is 1. The lowest BCUT2D eigenvalue weighted by molar-refractivity contribution is 0.271. The van der Waals surface area contributed by atoms with E-state index in [1.165, 1.54) is 4.31 Å². The molecule has 0 spiro atoms. The number of likely N-dealkylation sites (N-methyl/N-ethyl adjacent to an activating group) is 2. The summed E-state index contributed by atoms with van der Waals surface area (Å²) in [4.78, 5) is 2.21. The summed E-state index contributed by atoms with van der Waals surface area (Å²) in [5.41, 5.74) is 6.87. The largest absolute Gasteiger partial charge is 0.398 e. The van der Waals surface area contributed by atoms with Crippen LogP contribution in [0.5, 0.6) is 0 Å². The predicted octanol–water partition coefficient (Wildman–Crippen LogP) is 1.54. The average Bonchev–Trinajstić information content (AvgIpc) is 2.27. The number of nitrogen functional groups attached to an aromatic ring is 1. The minimum Gasteiger partial charge on any atom is -0.398 e. The molecule has 0 radical (unpaired) electrons. The van der Waals surface area contributed by atoms with Crippen molar-refractivity contribution >= 4 is 15.7 Å². The van der Waals surface area contributed by atoms with Crippen molar-refractivity contribution in [3.05, 3.63) is 23.8 Å². The van der Waals surface area contributed by atoms with Crippen molar-refractivity contribution in [2.45, 2.75) is 31.7 Å². The van der Waals surface area contributed by atoms with Gasteiger partial charge in [0.15, 0.2) is 0 Å². The molecule has 0 aliphatic carbocycles. The normalized spacial score (nSPS) is 13.9. The third kappa shape index (κ3) is 3.50. The Morgan fingerprint density at radius 3 is 2.35 bits per heavy atom. The molecule has 0 heterocycles. The fourth-order valence-corrected chi connectivity index (χ4v) is 4.44. The molecule has 1 rings (SSSR count). The van der Waals surface area contributed by atoms with Crippen molar-refractivity contribution in [3.63, 3.8) is 0 Å². The number of rotatable bonds is 6. The molecule has 0 fully saturated rings. The Hall–Kier alpha value is -1.11. The van der Waals surface area contributed by atoms with Gasteiger partial charge in [0.25, 0.3) is 0 Å². The molecule has 114 valence electrons. The first kappa shape index (κ1) is 16.9. The second-order valence-electron chi connectivity index (χ2n) is 5.31. The van der Waals surface area contributed by atoms with E-state index in [1.807, 2.05) is 32.8 Å². The third-order valence-electron chi connectivity index (χ3n) is 3.24. The van der Waals surface area contributed by atoms with Gasteiger partial charge in [-0.15, -0.1) is 0 Å². The van der Waals surface area contributed by atoms with Crippen molar-refractivity contribution in [2.24, 2.45) is 0 Å². The maximum atomic E-state index is 12.9. The molecule has 0 aliphatic heterocycles. The van der Waals surface area contributed by atoms with Gasteiger partial charge >= 0.3 is 0 Å². The maximum Gasteiger partial charge on any atom is 0.245 e. The summed E-state index contributed by atoms with van der Waals surface area (Å²) >= 11 is 0. The predicted molar refractivity (Wildman–Crippen MR) is 83.2 cm³/mol. The molecular formula is C14H25N3O2S. The van der Waals surface area contributed by atoms with Crippen LogP contribution in [0.2, 0.25) is 0 Å². The fourth-order valence-electron chi connectivity index (χ4n) is 2.48. The highest BCUT2D eigenvalue weighted by Crippen LogP contribution is 2.27. The van der Waals surface area contributed by atoms with Gasteiger partial charge in [0.05, 0.1) is 5.69 Å². The van der Waals surface area contributed by atoms with E-state index in [1.54, 1.807) is 25.1 Å². The molecule has 0 bridgehead atoms. The lowest BCUT2D eigenvalue weighted by Crippen LogP contribution is -2.44. The number of sulfonamides is 1. The van der Waals surface area contributed by atoms with E-state index in [2.05, 4.69) is 0 Å². The van der Waals surface area contributed by atoms with Crippen molar-refractivity contribution < 1.29 is 8.42 Å². The summed E-state index contributed by atoms with van der Waals surface area (Å²) in [6.45, 7) is 6.62. The smallest absolute Gasteiger partial charge is 0.245 e. The molecule has 1 atom stereocenters. The first-order valence-electron chi connectivity index (χ1n) is 6.73. The van der Waals surface area contributed by atoms with E-state index in [0.29, 0.717) is 24.3 Å². The number of nitrogens with two attached hydrogens (primary N) is 1. The van der Waals surface area contributed by atoms with Gasteiger partial charge in [-0.1, -0.05) is 19.1 Å². The minimum absolute atomic E-state index is 0.112. The van der Waals surface area contributed by atoms with Gasteiger partial charge in [0.1, 0.15) is 4.90 Å². The van der Waals surface area contributed by atoms with Gasteiger partial charge in [-0.2, -0.15) is 4.31 Å². The number of benzene rings is 1. The van der Waals surface area contributed by atoms with Gasteiger partial charge in [0.2, 0.25) is 10.0 Å². The number of anilines is 1. The zero-order chi connectivity index (χ0) is 15.5. The number of nitrogens with zero attached hydrogens (tertiary/aromatic N) is 2. The molecule has 0 aliphatic rings. The van der Waals surface area contributed by atoms with E-state index < -0.39 is 10.0 Å². The molecule has 1 aromatic carbocycles. The first-order chi connectivity index (χ1) is 9.21. The zero-order valence-electron chi connectivity index (χ0n) is 12.9. The van der Waals surface area contributed by atoms with E-state index in [-0.39, 0.29) is 10.9 Å². The molecule has 5 nitrogen and oxygen atoms in total. The molecule has 20 heavy (non-hydrogen) atoms. The highest BCUT2D eigenvalue weighted by Gasteiger charge is 2.30. The van der Waals surface area contributed by atoms with Gasteiger partial charge in [-0.3, -0.25) is 0 Å². The quantitative estimate of drug-likeness (QED) is 0.809. The van der Waals surface area contributed by atoms with Crippen molar-refractivity contribution in [3.8, 4) is 0 Å². The third-order valence-corrected chi connectivity index (χ3v) is 5.55. The second-order valence-corrected chi connectivity index (χ2v) is 7.14. The SMILES string of the molecule is CCN(C(C)CN(C)C)S(=O)(=O)c1c(C)cccc1N. The Morgan fingerprint density at radius 1 is 1.30 bits per heavy atom. The zero-order valence-corrected chi connectivity index (χ0v) is 13.7. The van der Waals surface area contributed by atoms with Gasteiger partial charge < -0.3 is 10.6 Å². The Morgan fingerprint density at radius 2 is 1.90 bits per heavy atom. The Labute approximate surface area is 122 Å². The summed E-state index contributed by atoms with van der Waals surface area (Å²) in [5.74, 6) is 0. The van der Waals surface area contributed by atoms with Gasteiger partial charge in [-0.25, -0.2) is 8.42 Å². The molecular weight excluding hydrogens is 274 g/mol. The van der Waals surface area contributed by atoms with Crippen molar-refractivity contribution in [1.29, 1.82) is 0 Å². The van der Waals surface area contributed by atoms with Gasteiger partial charge in [0, 0.05) is 19.1 Å².